The number of carbonyl (C=O) groups is 1. The number of amides is 1. The number of hydrogen-bond donors (Lipinski definition) is 2. The van der Waals surface area contributed by atoms with Crippen LogP contribution in [0.25, 0.3) is 5.69 Å². The Bertz CT molecular complexity index is 603. The first-order valence-corrected chi connectivity index (χ1v) is 7.13. The van der Waals surface area contributed by atoms with Crippen molar-refractivity contribution in [3.05, 3.63) is 30.3 Å². The second kappa shape index (κ2) is 5.90. The van der Waals surface area contributed by atoms with Gasteiger partial charge in [-0.05, 0) is 48.2 Å². The standard InChI is InChI=1S/C14H18N6O/c15-13(21)10-6-8-11(9-7-10)16-14-17-18-19-20(14)12-4-2-1-3-5-12/h1-5,10-11H,6-9H2,(H2,15,21)(H,16,17,19). The molecule has 0 spiro atoms. The van der Waals surface area contributed by atoms with Gasteiger partial charge in [0.05, 0.1) is 5.69 Å². The van der Waals surface area contributed by atoms with E-state index in [9.17, 15) is 4.79 Å². The topological polar surface area (TPSA) is 98.7 Å². The smallest absolute Gasteiger partial charge is 0.247 e. The SMILES string of the molecule is NC(=O)C1CCC(Nc2nnnn2-c2ccccc2)CC1. The fourth-order valence-corrected chi connectivity index (χ4v) is 2.73. The second-order valence-corrected chi connectivity index (χ2v) is 5.35. The highest BCUT2D eigenvalue weighted by molar-refractivity contribution is 5.76. The van der Waals surface area contributed by atoms with Gasteiger partial charge < -0.3 is 11.1 Å². The normalized spacial score (nSPS) is 21.9. The minimum absolute atomic E-state index is 0.00756. The molecule has 1 aliphatic carbocycles. The molecule has 7 nitrogen and oxygen atoms in total. The summed E-state index contributed by atoms with van der Waals surface area (Å²) in [6.45, 7) is 0. The van der Waals surface area contributed by atoms with Gasteiger partial charge in [0.1, 0.15) is 0 Å². The molecule has 3 rings (SSSR count). The van der Waals surface area contributed by atoms with Crippen molar-refractivity contribution >= 4 is 11.9 Å². The van der Waals surface area contributed by atoms with Crippen LogP contribution in [-0.2, 0) is 4.79 Å². The van der Waals surface area contributed by atoms with Crippen molar-refractivity contribution in [2.24, 2.45) is 11.7 Å². The minimum Gasteiger partial charge on any atom is -0.369 e. The zero-order chi connectivity index (χ0) is 14.7. The molecule has 1 amide bonds. The van der Waals surface area contributed by atoms with Gasteiger partial charge in [0.15, 0.2) is 0 Å². The van der Waals surface area contributed by atoms with Crippen LogP contribution in [-0.4, -0.2) is 32.2 Å². The fourth-order valence-electron chi connectivity index (χ4n) is 2.73. The molecule has 1 aromatic carbocycles. The monoisotopic (exact) mass is 286 g/mol. The van der Waals surface area contributed by atoms with E-state index < -0.39 is 0 Å². The molecule has 1 fully saturated rings. The summed E-state index contributed by atoms with van der Waals surface area (Å²) >= 11 is 0. The number of anilines is 1. The number of rotatable bonds is 4. The molecule has 21 heavy (non-hydrogen) atoms. The van der Waals surface area contributed by atoms with Crippen LogP contribution in [0.3, 0.4) is 0 Å². The first-order chi connectivity index (χ1) is 10.2. The van der Waals surface area contributed by atoms with Crippen LogP contribution in [0.4, 0.5) is 5.95 Å². The van der Waals surface area contributed by atoms with Gasteiger partial charge in [-0.1, -0.05) is 23.3 Å². The molecular formula is C14H18N6O. The largest absolute Gasteiger partial charge is 0.369 e. The third kappa shape index (κ3) is 3.01. The molecule has 1 heterocycles. The molecule has 0 atom stereocenters. The molecule has 0 bridgehead atoms. The van der Waals surface area contributed by atoms with Gasteiger partial charge in [-0.2, -0.15) is 4.68 Å². The van der Waals surface area contributed by atoms with Gasteiger partial charge in [-0.3, -0.25) is 4.79 Å². The molecule has 0 aliphatic heterocycles. The molecule has 3 N–H and O–H groups in total. The Morgan fingerprint density at radius 3 is 2.57 bits per heavy atom. The lowest BCUT2D eigenvalue weighted by molar-refractivity contribution is -0.122. The van der Waals surface area contributed by atoms with Crippen molar-refractivity contribution in [1.82, 2.24) is 20.2 Å². The molecule has 1 saturated carbocycles. The maximum absolute atomic E-state index is 11.2. The number of tetrazole rings is 1. The molecule has 1 aliphatic rings. The van der Waals surface area contributed by atoms with Crippen molar-refractivity contribution < 1.29 is 4.79 Å². The van der Waals surface area contributed by atoms with E-state index in [1.165, 1.54) is 0 Å². The maximum Gasteiger partial charge on any atom is 0.247 e. The van der Waals surface area contributed by atoms with Crippen molar-refractivity contribution in [1.29, 1.82) is 0 Å². The first kappa shape index (κ1) is 13.5. The number of benzene rings is 1. The van der Waals surface area contributed by atoms with E-state index >= 15 is 0 Å². The maximum atomic E-state index is 11.2. The zero-order valence-electron chi connectivity index (χ0n) is 11.6. The van der Waals surface area contributed by atoms with Gasteiger partial charge >= 0.3 is 0 Å². The Balaban J connectivity index is 1.67. The number of nitrogens with two attached hydrogens (primary N) is 1. The predicted molar refractivity (Wildman–Crippen MR) is 77.7 cm³/mol. The van der Waals surface area contributed by atoms with Crippen LogP contribution < -0.4 is 11.1 Å². The Morgan fingerprint density at radius 2 is 1.90 bits per heavy atom. The summed E-state index contributed by atoms with van der Waals surface area (Å²) in [5.74, 6) is 0.444. The Labute approximate surface area is 122 Å². The zero-order valence-corrected chi connectivity index (χ0v) is 11.6. The summed E-state index contributed by atoms with van der Waals surface area (Å²) in [6.07, 6.45) is 3.43. The van der Waals surface area contributed by atoms with Crippen LogP contribution in [0.1, 0.15) is 25.7 Å². The summed E-state index contributed by atoms with van der Waals surface area (Å²) < 4.78 is 1.68. The Kier molecular flexibility index (Phi) is 3.81. The van der Waals surface area contributed by atoms with E-state index in [0.29, 0.717) is 5.95 Å². The molecular weight excluding hydrogens is 268 g/mol. The quantitative estimate of drug-likeness (QED) is 0.877. The lowest BCUT2D eigenvalue weighted by Crippen LogP contribution is -2.33. The lowest BCUT2D eigenvalue weighted by Gasteiger charge is -2.27. The third-order valence-electron chi connectivity index (χ3n) is 3.93. The van der Waals surface area contributed by atoms with E-state index in [-0.39, 0.29) is 17.9 Å². The number of nitrogens with one attached hydrogen (secondary N) is 1. The lowest BCUT2D eigenvalue weighted by atomic mass is 9.86. The fraction of sp³-hybridized carbons (Fsp3) is 0.429. The number of hydrogen-bond acceptors (Lipinski definition) is 5. The molecule has 7 heteroatoms. The number of para-hydroxylation sites is 1. The Hall–Kier alpha value is -2.44. The van der Waals surface area contributed by atoms with Crippen LogP contribution in [0, 0.1) is 5.92 Å². The highest BCUT2D eigenvalue weighted by Gasteiger charge is 2.25. The summed E-state index contributed by atoms with van der Waals surface area (Å²) in [6, 6.07) is 10.0. The van der Waals surface area contributed by atoms with E-state index in [4.69, 9.17) is 5.73 Å². The molecule has 0 unspecified atom stereocenters. The average molecular weight is 286 g/mol. The summed E-state index contributed by atoms with van der Waals surface area (Å²) in [5, 5.41) is 15.1. The van der Waals surface area contributed by atoms with E-state index in [0.717, 1.165) is 31.4 Å². The molecule has 1 aromatic heterocycles. The Morgan fingerprint density at radius 1 is 1.19 bits per heavy atom. The third-order valence-corrected chi connectivity index (χ3v) is 3.93. The molecule has 0 radical (unpaired) electrons. The van der Waals surface area contributed by atoms with E-state index in [1.54, 1.807) is 4.68 Å². The predicted octanol–water partition coefficient (Wildman–Crippen LogP) is 1.12. The van der Waals surface area contributed by atoms with Crippen molar-refractivity contribution in [2.45, 2.75) is 31.7 Å². The minimum atomic E-state index is -0.192. The number of aromatic nitrogens is 4. The van der Waals surface area contributed by atoms with Crippen molar-refractivity contribution in [3.8, 4) is 5.69 Å². The van der Waals surface area contributed by atoms with Crippen LogP contribution in [0.15, 0.2) is 30.3 Å². The van der Waals surface area contributed by atoms with Crippen LogP contribution in [0.2, 0.25) is 0 Å². The van der Waals surface area contributed by atoms with E-state index in [1.807, 2.05) is 30.3 Å². The molecule has 0 saturated heterocycles. The van der Waals surface area contributed by atoms with E-state index in [2.05, 4.69) is 20.8 Å². The van der Waals surface area contributed by atoms with Crippen LogP contribution >= 0.6 is 0 Å². The average Bonchev–Trinajstić information content (AvgIpc) is 2.97. The first-order valence-electron chi connectivity index (χ1n) is 7.13. The van der Waals surface area contributed by atoms with Gasteiger partial charge in [0.2, 0.25) is 11.9 Å². The van der Waals surface area contributed by atoms with Crippen molar-refractivity contribution in [2.75, 3.05) is 5.32 Å². The summed E-state index contributed by atoms with van der Waals surface area (Å²) in [4.78, 5) is 11.2. The number of nitrogens with zero attached hydrogens (tertiary/aromatic N) is 4. The van der Waals surface area contributed by atoms with Gasteiger partial charge in [-0.25, -0.2) is 0 Å². The van der Waals surface area contributed by atoms with Gasteiger partial charge in [0, 0.05) is 12.0 Å². The summed E-state index contributed by atoms with van der Waals surface area (Å²) in [7, 11) is 0. The highest BCUT2D eigenvalue weighted by atomic mass is 16.1. The van der Waals surface area contributed by atoms with Gasteiger partial charge in [-0.15, -0.1) is 0 Å². The number of carbonyl (C=O) groups excluding carboxylic acids is 1. The molecule has 2 aromatic rings. The van der Waals surface area contributed by atoms with Gasteiger partial charge in [0.25, 0.3) is 0 Å². The summed E-state index contributed by atoms with van der Waals surface area (Å²) in [5.41, 5.74) is 6.27. The van der Waals surface area contributed by atoms with Crippen LogP contribution in [0.5, 0.6) is 0 Å². The highest BCUT2D eigenvalue weighted by Crippen LogP contribution is 2.26. The van der Waals surface area contributed by atoms with Crippen molar-refractivity contribution in [3.63, 3.8) is 0 Å². The molecule has 110 valence electrons. The number of primary amides is 1. The second-order valence-electron chi connectivity index (χ2n) is 5.35.